The Morgan fingerprint density at radius 3 is 1.72 bits per heavy atom. The maximum atomic E-state index is 10.4. The maximum Gasteiger partial charge on any atom is 0.241 e. The molecule has 0 atom stereocenters. The molecule has 0 saturated carbocycles. The summed E-state index contributed by atoms with van der Waals surface area (Å²) in [6.07, 6.45) is 19.3. The molecule has 2 N–H and O–H groups in total. The SMILES string of the molecule is CCCCCCCCCCCCC/C=C/C(N)=O. The summed E-state index contributed by atoms with van der Waals surface area (Å²) in [5.41, 5.74) is 5.01. The van der Waals surface area contributed by atoms with Gasteiger partial charge in [0, 0.05) is 0 Å². The standard InChI is InChI=1S/C16H31NO/c1-2-3-4-5-6-7-8-9-10-11-12-13-14-15-16(17)18/h14-15H,2-13H2,1H3,(H2,17,18)/b15-14+. The van der Waals surface area contributed by atoms with Crippen LogP contribution in [0, 0.1) is 0 Å². The van der Waals surface area contributed by atoms with Crippen LogP contribution in [0.2, 0.25) is 0 Å². The maximum absolute atomic E-state index is 10.4. The van der Waals surface area contributed by atoms with Crippen LogP contribution in [0.1, 0.15) is 84.0 Å². The lowest BCUT2D eigenvalue weighted by atomic mass is 10.1. The van der Waals surface area contributed by atoms with Crippen LogP contribution < -0.4 is 5.73 Å². The first-order valence-electron chi connectivity index (χ1n) is 7.73. The number of hydrogen-bond acceptors (Lipinski definition) is 1. The first kappa shape index (κ1) is 17.2. The van der Waals surface area contributed by atoms with Gasteiger partial charge in [0.05, 0.1) is 0 Å². The third-order valence-electron chi connectivity index (χ3n) is 3.26. The molecular weight excluding hydrogens is 222 g/mol. The Hall–Kier alpha value is -0.790. The van der Waals surface area contributed by atoms with E-state index >= 15 is 0 Å². The zero-order valence-corrected chi connectivity index (χ0v) is 12.1. The predicted molar refractivity (Wildman–Crippen MR) is 79.4 cm³/mol. The number of allylic oxidation sites excluding steroid dienone is 1. The summed E-state index contributed by atoms with van der Waals surface area (Å²) >= 11 is 0. The van der Waals surface area contributed by atoms with E-state index in [1.54, 1.807) is 0 Å². The Morgan fingerprint density at radius 2 is 1.28 bits per heavy atom. The fourth-order valence-electron chi connectivity index (χ4n) is 2.13. The average molecular weight is 253 g/mol. The Bertz CT molecular complexity index is 211. The van der Waals surface area contributed by atoms with Crippen molar-refractivity contribution in [3.63, 3.8) is 0 Å². The van der Waals surface area contributed by atoms with Crippen LogP contribution in [0.5, 0.6) is 0 Å². The molecular formula is C16H31NO. The van der Waals surface area contributed by atoms with Crippen molar-refractivity contribution < 1.29 is 4.79 Å². The van der Waals surface area contributed by atoms with E-state index < -0.39 is 0 Å². The van der Waals surface area contributed by atoms with Gasteiger partial charge in [0.15, 0.2) is 0 Å². The Kier molecular flexibility index (Phi) is 13.6. The molecule has 18 heavy (non-hydrogen) atoms. The number of primary amides is 1. The van der Waals surface area contributed by atoms with Crippen molar-refractivity contribution >= 4 is 5.91 Å². The third kappa shape index (κ3) is 15.2. The summed E-state index contributed by atoms with van der Waals surface area (Å²) in [5, 5.41) is 0. The molecule has 0 aromatic heterocycles. The van der Waals surface area contributed by atoms with Crippen LogP contribution >= 0.6 is 0 Å². The second-order valence-electron chi connectivity index (χ2n) is 5.13. The van der Waals surface area contributed by atoms with Crippen LogP contribution in [-0.2, 0) is 4.79 Å². The molecule has 0 aromatic rings. The van der Waals surface area contributed by atoms with Crippen molar-refractivity contribution in [3.8, 4) is 0 Å². The Balaban J connectivity index is 3.01. The quantitative estimate of drug-likeness (QED) is 0.374. The van der Waals surface area contributed by atoms with E-state index in [-0.39, 0.29) is 5.91 Å². The summed E-state index contributed by atoms with van der Waals surface area (Å²) in [4.78, 5) is 10.4. The Morgan fingerprint density at radius 1 is 0.833 bits per heavy atom. The minimum Gasteiger partial charge on any atom is -0.366 e. The summed E-state index contributed by atoms with van der Waals surface area (Å²) in [6.45, 7) is 2.26. The van der Waals surface area contributed by atoms with Gasteiger partial charge in [-0.1, -0.05) is 77.2 Å². The molecule has 2 heteroatoms. The zero-order chi connectivity index (χ0) is 13.5. The van der Waals surface area contributed by atoms with Crippen LogP contribution in [0.4, 0.5) is 0 Å². The van der Waals surface area contributed by atoms with Gasteiger partial charge in [0.2, 0.25) is 5.91 Å². The number of hydrogen-bond donors (Lipinski definition) is 1. The first-order chi connectivity index (χ1) is 8.77. The van der Waals surface area contributed by atoms with Crippen molar-refractivity contribution in [2.24, 2.45) is 5.73 Å². The van der Waals surface area contributed by atoms with Crippen LogP contribution in [0.25, 0.3) is 0 Å². The smallest absolute Gasteiger partial charge is 0.241 e. The minimum absolute atomic E-state index is 0.335. The van der Waals surface area contributed by atoms with Gasteiger partial charge < -0.3 is 5.73 Å². The van der Waals surface area contributed by atoms with Crippen LogP contribution in [0.3, 0.4) is 0 Å². The van der Waals surface area contributed by atoms with Gasteiger partial charge >= 0.3 is 0 Å². The van der Waals surface area contributed by atoms with Crippen molar-refractivity contribution in [1.29, 1.82) is 0 Å². The molecule has 0 aliphatic carbocycles. The van der Waals surface area contributed by atoms with Gasteiger partial charge in [-0.2, -0.15) is 0 Å². The second-order valence-corrected chi connectivity index (χ2v) is 5.13. The number of carbonyl (C=O) groups is 1. The molecule has 0 aliphatic rings. The van der Waals surface area contributed by atoms with Gasteiger partial charge in [0.1, 0.15) is 0 Å². The second kappa shape index (κ2) is 14.3. The molecule has 0 aromatic carbocycles. The number of nitrogens with two attached hydrogens (primary N) is 1. The lowest BCUT2D eigenvalue weighted by Gasteiger charge is -2.01. The fraction of sp³-hybridized carbons (Fsp3) is 0.812. The predicted octanol–water partition coefficient (Wildman–Crippen LogP) is 4.73. The van der Waals surface area contributed by atoms with E-state index in [1.165, 1.54) is 76.7 Å². The fourth-order valence-corrected chi connectivity index (χ4v) is 2.13. The molecule has 0 rings (SSSR count). The highest BCUT2D eigenvalue weighted by atomic mass is 16.1. The van der Waals surface area contributed by atoms with Crippen molar-refractivity contribution in [3.05, 3.63) is 12.2 Å². The molecule has 0 radical (unpaired) electrons. The third-order valence-corrected chi connectivity index (χ3v) is 3.26. The van der Waals surface area contributed by atoms with Gasteiger partial charge in [-0.15, -0.1) is 0 Å². The largest absolute Gasteiger partial charge is 0.366 e. The normalized spacial score (nSPS) is 11.2. The summed E-state index contributed by atoms with van der Waals surface area (Å²) < 4.78 is 0. The van der Waals surface area contributed by atoms with Gasteiger partial charge in [-0.05, 0) is 18.9 Å². The van der Waals surface area contributed by atoms with E-state index in [4.69, 9.17) is 5.73 Å². The Labute approximate surface area is 113 Å². The number of amides is 1. The van der Waals surface area contributed by atoms with E-state index in [9.17, 15) is 4.79 Å². The highest BCUT2D eigenvalue weighted by Crippen LogP contribution is 2.11. The molecule has 0 bridgehead atoms. The highest BCUT2D eigenvalue weighted by Gasteiger charge is 1.92. The van der Waals surface area contributed by atoms with Crippen molar-refractivity contribution in [1.82, 2.24) is 0 Å². The molecule has 0 saturated heterocycles. The zero-order valence-electron chi connectivity index (χ0n) is 12.1. The van der Waals surface area contributed by atoms with Gasteiger partial charge in [-0.25, -0.2) is 0 Å². The lowest BCUT2D eigenvalue weighted by Crippen LogP contribution is -2.05. The summed E-state index contributed by atoms with van der Waals surface area (Å²) in [5.74, 6) is -0.335. The van der Waals surface area contributed by atoms with E-state index in [0.717, 1.165) is 6.42 Å². The summed E-state index contributed by atoms with van der Waals surface area (Å²) in [7, 11) is 0. The van der Waals surface area contributed by atoms with Crippen LogP contribution in [0.15, 0.2) is 12.2 Å². The molecule has 0 spiro atoms. The molecule has 0 heterocycles. The minimum atomic E-state index is -0.335. The van der Waals surface area contributed by atoms with E-state index in [0.29, 0.717) is 0 Å². The average Bonchev–Trinajstić information content (AvgIpc) is 2.34. The van der Waals surface area contributed by atoms with Crippen molar-refractivity contribution in [2.75, 3.05) is 0 Å². The van der Waals surface area contributed by atoms with Gasteiger partial charge in [-0.3, -0.25) is 4.79 Å². The first-order valence-corrected chi connectivity index (χ1v) is 7.73. The molecule has 2 nitrogen and oxygen atoms in total. The summed E-state index contributed by atoms with van der Waals surface area (Å²) in [6, 6.07) is 0. The molecule has 1 amide bonds. The van der Waals surface area contributed by atoms with E-state index in [1.807, 2.05) is 6.08 Å². The van der Waals surface area contributed by atoms with E-state index in [2.05, 4.69) is 6.92 Å². The molecule has 0 aliphatic heterocycles. The van der Waals surface area contributed by atoms with Crippen LogP contribution in [-0.4, -0.2) is 5.91 Å². The topological polar surface area (TPSA) is 43.1 Å². The molecule has 106 valence electrons. The van der Waals surface area contributed by atoms with Crippen molar-refractivity contribution in [2.45, 2.75) is 84.0 Å². The number of unbranched alkanes of at least 4 members (excludes halogenated alkanes) is 11. The number of carbonyl (C=O) groups excluding carboxylic acids is 1. The number of rotatable bonds is 13. The molecule has 0 fully saturated rings. The lowest BCUT2D eigenvalue weighted by molar-refractivity contribution is -0.113. The monoisotopic (exact) mass is 253 g/mol. The highest BCUT2D eigenvalue weighted by molar-refractivity contribution is 5.85. The molecule has 0 unspecified atom stereocenters. The van der Waals surface area contributed by atoms with Gasteiger partial charge in [0.25, 0.3) is 0 Å².